The zero-order valence-corrected chi connectivity index (χ0v) is 18.2. The Balaban J connectivity index is 1.54. The first-order valence-corrected chi connectivity index (χ1v) is 10.6. The van der Waals surface area contributed by atoms with Crippen LogP contribution in [0.3, 0.4) is 0 Å². The maximum Gasteiger partial charge on any atom is 0.407 e. The Morgan fingerprint density at radius 3 is 2.16 bits per heavy atom. The molecule has 8 nitrogen and oxygen atoms in total. The van der Waals surface area contributed by atoms with E-state index in [9.17, 15) is 19.5 Å². The molecule has 2 atom stereocenters. The lowest BCUT2D eigenvalue weighted by molar-refractivity contribution is -0.142. The van der Waals surface area contributed by atoms with Gasteiger partial charge < -0.3 is 25.2 Å². The summed E-state index contributed by atoms with van der Waals surface area (Å²) in [5.74, 6) is -1.82. The molecule has 1 aliphatic rings. The Bertz CT molecular complexity index is 931. The summed E-state index contributed by atoms with van der Waals surface area (Å²) in [6.07, 6.45) is -0.0186. The van der Waals surface area contributed by atoms with Gasteiger partial charge >= 0.3 is 12.1 Å². The van der Waals surface area contributed by atoms with Crippen molar-refractivity contribution in [3.63, 3.8) is 0 Å². The van der Waals surface area contributed by atoms with Gasteiger partial charge in [0.1, 0.15) is 18.7 Å². The molecule has 0 spiro atoms. The largest absolute Gasteiger partial charge is 0.480 e. The van der Waals surface area contributed by atoms with Crippen LogP contribution in [0.5, 0.6) is 0 Å². The van der Waals surface area contributed by atoms with Gasteiger partial charge in [0.25, 0.3) is 0 Å². The lowest BCUT2D eigenvalue weighted by Crippen LogP contribution is -2.50. The molecule has 8 heteroatoms. The maximum absolute atomic E-state index is 12.3. The molecule has 2 amide bonds. The van der Waals surface area contributed by atoms with Crippen molar-refractivity contribution in [1.29, 1.82) is 0 Å². The first-order valence-electron chi connectivity index (χ1n) is 10.6. The molecule has 0 radical (unpaired) electrons. The maximum atomic E-state index is 12.3. The van der Waals surface area contributed by atoms with Crippen molar-refractivity contribution >= 4 is 18.0 Å². The third-order valence-electron chi connectivity index (χ3n) is 5.53. The minimum absolute atomic E-state index is 0.0885. The molecular weight excluding hydrogens is 412 g/mol. The van der Waals surface area contributed by atoms with Crippen molar-refractivity contribution in [3.05, 3.63) is 59.7 Å². The van der Waals surface area contributed by atoms with Gasteiger partial charge in [-0.2, -0.15) is 0 Å². The van der Waals surface area contributed by atoms with Crippen LogP contribution in [-0.2, 0) is 19.1 Å². The molecule has 0 aliphatic heterocycles. The number of fused-ring (bicyclic) bond motifs is 3. The number of aliphatic carboxylic acids is 1. The van der Waals surface area contributed by atoms with Crippen LogP contribution < -0.4 is 10.6 Å². The van der Waals surface area contributed by atoms with Crippen LogP contribution in [0.1, 0.15) is 36.8 Å². The van der Waals surface area contributed by atoms with E-state index in [1.807, 2.05) is 48.5 Å². The highest BCUT2D eigenvalue weighted by molar-refractivity contribution is 5.89. The van der Waals surface area contributed by atoms with Crippen molar-refractivity contribution in [3.8, 4) is 11.1 Å². The van der Waals surface area contributed by atoms with E-state index in [4.69, 9.17) is 9.47 Å². The Morgan fingerprint density at radius 2 is 1.59 bits per heavy atom. The number of hydrogen-bond donors (Lipinski definition) is 3. The van der Waals surface area contributed by atoms with Crippen LogP contribution in [0.4, 0.5) is 4.79 Å². The van der Waals surface area contributed by atoms with Crippen molar-refractivity contribution in [1.82, 2.24) is 10.6 Å². The summed E-state index contributed by atoms with van der Waals surface area (Å²) in [5, 5.41) is 14.2. The SMILES string of the molecule is COCCCC(NC(=O)[C@H](C)NC(=O)OCC1c2ccccc2-c2ccccc21)C(=O)O. The molecule has 0 bridgehead atoms. The Morgan fingerprint density at radius 1 is 1.00 bits per heavy atom. The van der Waals surface area contributed by atoms with E-state index in [2.05, 4.69) is 10.6 Å². The number of benzene rings is 2. The number of ether oxygens (including phenoxy) is 2. The Kier molecular flexibility index (Phi) is 7.83. The second-order valence-corrected chi connectivity index (χ2v) is 7.73. The summed E-state index contributed by atoms with van der Waals surface area (Å²) < 4.78 is 10.3. The quantitative estimate of drug-likeness (QED) is 0.490. The van der Waals surface area contributed by atoms with Crippen LogP contribution in [0, 0.1) is 0 Å². The molecule has 0 aromatic heterocycles. The number of carbonyl (C=O) groups is 3. The topological polar surface area (TPSA) is 114 Å². The number of carboxylic acid groups (broad SMARTS) is 1. The number of hydrogen-bond acceptors (Lipinski definition) is 5. The summed E-state index contributed by atoms with van der Waals surface area (Å²) in [6, 6.07) is 14.0. The zero-order valence-electron chi connectivity index (χ0n) is 18.2. The molecule has 170 valence electrons. The number of rotatable bonds is 10. The van der Waals surface area contributed by atoms with E-state index in [0.29, 0.717) is 13.0 Å². The number of nitrogens with one attached hydrogen (secondary N) is 2. The third kappa shape index (κ3) is 5.45. The molecule has 0 saturated heterocycles. The van der Waals surface area contributed by atoms with Gasteiger partial charge in [-0.15, -0.1) is 0 Å². The first-order chi connectivity index (χ1) is 15.4. The van der Waals surface area contributed by atoms with E-state index in [1.165, 1.54) is 14.0 Å². The number of carbonyl (C=O) groups excluding carboxylic acids is 2. The van der Waals surface area contributed by atoms with Crippen LogP contribution in [0.15, 0.2) is 48.5 Å². The molecule has 3 rings (SSSR count). The third-order valence-corrected chi connectivity index (χ3v) is 5.53. The summed E-state index contributed by atoms with van der Waals surface area (Å²) in [6.45, 7) is 2.00. The average molecular weight is 440 g/mol. The smallest absolute Gasteiger partial charge is 0.407 e. The molecule has 1 unspecified atom stereocenters. The van der Waals surface area contributed by atoms with E-state index < -0.39 is 30.1 Å². The summed E-state index contributed by atoms with van der Waals surface area (Å²) in [7, 11) is 1.52. The fourth-order valence-corrected chi connectivity index (χ4v) is 3.87. The molecule has 32 heavy (non-hydrogen) atoms. The lowest BCUT2D eigenvalue weighted by atomic mass is 9.98. The summed E-state index contributed by atoms with van der Waals surface area (Å²) in [4.78, 5) is 36.0. The van der Waals surface area contributed by atoms with Crippen molar-refractivity contribution in [2.45, 2.75) is 37.8 Å². The highest BCUT2D eigenvalue weighted by atomic mass is 16.5. The molecule has 2 aromatic rings. The highest BCUT2D eigenvalue weighted by Crippen LogP contribution is 2.44. The summed E-state index contributed by atoms with van der Waals surface area (Å²) in [5.41, 5.74) is 4.43. The van der Waals surface area contributed by atoms with E-state index in [0.717, 1.165) is 22.3 Å². The molecule has 0 saturated carbocycles. The minimum Gasteiger partial charge on any atom is -0.480 e. The average Bonchev–Trinajstić information content (AvgIpc) is 3.10. The fourth-order valence-electron chi connectivity index (χ4n) is 3.87. The lowest BCUT2D eigenvalue weighted by Gasteiger charge is -2.19. The van der Waals surface area contributed by atoms with Crippen LogP contribution in [-0.4, -0.2) is 55.5 Å². The van der Waals surface area contributed by atoms with E-state index >= 15 is 0 Å². The monoisotopic (exact) mass is 440 g/mol. The predicted octanol–water partition coefficient (Wildman–Crippen LogP) is 2.91. The second kappa shape index (κ2) is 10.8. The summed E-state index contributed by atoms with van der Waals surface area (Å²) >= 11 is 0. The van der Waals surface area contributed by atoms with Gasteiger partial charge in [-0.1, -0.05) is 48.5 Å². The number of amides is 2. The van der Waals surface area contributed by atoms with Crippen molar-refractivity contribution < 1.29 is 29.0 Å². The van der Waals surface area contributed by atoms with Gasteiger partial charge in [0.15, 0.2) is 0 Å². The molecule has 1 aliphatic carbocycles. The molecule has 0 fully saturated rings. The van der Waals surface area contributed by atoms with E-state index in [-0.39, 0.29) is 18.9 Å². The van der Waals surface area contributed by atoms with Gasteiger partial charge in [-0.25, -0.2) is 9.59 Å². The van der Waals surface area contributed by atoms with Crippen molar-refractivity contribution in [2.75, 3.05) is 20.3 Å². The number of carboxylic acids is 1. The Hall–Kier alpha value is -3.39. The van der Waals surface area contributed by atoms with Gasteiger partial charge in [0, 0.05) is 19.6 Å². The molecular formula is C24H28N2O6. The van der Waals surface area contributed by atoms with Gasteiger partial charge in [0.2, 0.25) is 5.91 Å². The first kappa shape index (κ1) is 23.3. The predicted molar refractivity (Wildman–Crippen MR) is 118 cm³/mol. The standard InChI is InChI=1S/C24H28N2O6/c1-15(22(27)26-21(23(28)29)12-7-13-31-2)25-24(30)32-14-20-18-10-5-3-8-16(18)17-9-4-6-11-19(17)20/h3-6,8-11,15,20-21H,7,12-14H2,1-2H3,(H,25,30)(H,26,27)(H,28,29)/t15-,21?/m0/s1. The van der Waals surface area contributed by atoms with Gasteiger partial charge in [-0.05, 0) is 42.0 Å². The van der Waals surface area contributed by atoms with Crippen LogP contribution in [0.2, 0.25) is 0 Å². The van der Waals surface area contributed by atoms with Gasteiger partial charge in [0.05, 0.1) is 0 Å². The van der Waals surface area contributed by atoms with Gasteiger partial charge in [-0.3, -0.25) is 4.79 Å². The number of alkyl carbamates (subject to hydrolysis) is 1. The normalized spacial score (nSPS) is 14.1. The van der Waals surface area contributed by atoms with E-state index in [1.54, 1.807) is 0 Å². The zero-order chi connectivity index (χ0) is 23.1. The highest BCUT2D eigenvalue weighted by Gasteiger charge is 2.29. The molecule has 0 heterocycles. The molecule has 3 N–H and O–H groups in total. The second-order valence-electron chi connectivity index (χ2n) is 7.73. The van der Waals surface area contributed by atoms with Crippen LogP contribution >= 0.6 is 0 Å². The molecule has 2 aromatic carbocycles. The fraction of sp³-hybridized carbons (Fsp3) is 0.375. The van der Waals surface area contributed by atoms with Crippen LogP contribution in [0.25, 0.3) is 11.1 Å². The van der Waals surface area contributed by atoms with Crippen molar-refractivity contribution in [2.24, 2.45) is 0 Å². The number of methoxy groups -OCH3 is 1. The minimum atomic E-state index is -1.14. The Labute approximate surface area is 186 Å².